The van der Waals surface area contributed by atoms with Crippen LogP contribution in [0.3, 0.4) is 0 Å². The SMILES string of the molecule is CC(C)=CCc1cc(CO)c(O)c(CO)c1. The predicted octanol–water partition coefficient (Wildman–Crippen LogP) is 1.89. The third kappa shape index (κ3) is 3.08. The molecule has 3 N–H and O–H groups in total. The molecule has 0 aliphatic carbocycles. The van der Waals surface area contributed by atoms with E-state index in [0.29, 0.717) is 11.1 Å². The second-order valence-corrected chi connectivity index (χ2v) is 4.06. The lowest BCUT2D eigenvalue weighted by molar-refractivity contribution is 0.263. The van der Waals surface area contributed by atoms with Crippen molar-refractivity contribution in [2.45, 2.75) is 33.5 Å². The lowest BCUT2D eigenvalue weighted by Gasteiger charge is -2.09. The van der Waals surface area contributed by atoms with E-state index < -0.39 is 0 Å². The Labute approximate surface area is 95.7 Å². The summed E-state index contributed by atoms with van der Waals surface area (Å²) in [5, 5.41) is 27.8. The first-order valence-corrected chi connectivity index (χ1v) is 5.27. The second-order valence-electron chi connectivity index (χ2n) is 4.06. The molecule has 1 rings (SSSR count). The molecular weight excluding hydrogens is 204 g/mol. The molecule has 0 saturated heterocycles. The van der Waals surface area contributed by atoms with Gasteiger partial charge in [0.1, 0.15) is 5.75 Å². The van der Waals surface area contributed by atoms with Crippen LogP contribution in [0, 0.1) is 0 Å². The van der Waals surface area contributed by atoms with Gasteiger partial charge in [0.15, 0.2) is 0 Å². The number of aliphatic hydroxyl groups excluding tert-OH is 2. The molecule has 0 saturated carbocycles. The second kappa shape index (κ2) is 5.68. The highest BCUT2D eigenvalue weighted by molar-refractivity contribution is 5.43. The molecule has 0 radical (unpaired) electrons. The van der Waals surface area contributed by atoms with Crippen molar-refractivity contribution < 1.29 is 15.3 Å². The van der Waals surface area contributed by atoms with Gasteiger partial charge in [-0.25, -0.2) is 0 Å². The molecule has 0 spiro atoms. The first kappa shape index (κ1) is 12.7. The van der Waals surface area contributed by atoms with Crippen LogP contribution in [0.5, 0.6) is 5.75 Å². The minimum Gasteiger partial charge on any atom is -0.507 e. The summed E-state index contributed by atoms with van der Waals surface area (Å²) in [6.45, 7) is 3.59. The molecule has 0 aliphatic rings. The first-order chi connectivity index (χ1) is 7.58. The smallest absolute Gasteiger partial charge is 0.126 e. The van der Waals surface area contributed by atoms with Crippen LogP contribution in [0.4, 0.5) is 0 Å². The van der Waals surface area contributed by atoms with Gasteiger partial charge in [-0.05, 0) is 38.0 Å². The Kier molecular flexibility index (Phi) is 4.52. The zero-order valence-electron chi connectivity index (χ0n) is 9.70. The van der Waals surface area contributed by atoms with Crippen LogP contribution in [-0.2, 0) is 19.6 Å². The van der Waals surface area contributed by atoms with Gasteiger partial charge in [-0.1, -0.05) is 11.6 Å². The normalized spacial score (nSPS) is 10.2. The Bertz CT molecular complexity index is 365. The summed E-state index contributed by atoms with van der Waals surface area (Å²) in [5.41, 5.74) is 3.11. The molecule has 16 heavy (non-hydrogen) atoms. The van der Waals surface area contributed by atoms with Crippen molar-refractivity contribution in [3.8, 4) is 5.75 Å². The van der Waals surface area contributed by atoms with Gasteiger partial charge in [-0.2, -0.15) is 0 Å². The number of hydrogen-bond acceptors (Lipinski definition) is 3. The van der Waals surface area contributed by atoms with E-state index in [1.54, 1.807) is 12.1 Å². The van der Waals surface area contributed by atoms with Crippen molar-refractivity contribution in [2.75, 3.05) is 0 Å². The quantitative estimate of drug-likeness (QED) is 0.682. The highest BCUT2D eigenvalue weighted by Crippen LogP contribution is 2.25. The van der Waals surface area contributed by atoms with Crippen LogP contribution in [0.1, 0.15) is 30.5 Å². The van der Waals surface area contributed by atoms with Crippen LogP contribution in [-0.4, -0.2) is 15.3 Å². The number of hydrogen-bond donors (Lipinski definition) is 3. The van der Waals surface area contributed by atoms with Crippen LogP contribution >= 0.6 is 0 Å². The predicted molar refractivity (Wildman–Crippen MR) is 63.1 cm³/mol. The fourth-order valence-electron chi connectivity index (χ4n) is 1.51. The summed E-state index contributed by atoms with van der Waals surface area (Å²) in [7, 11) is 0. The molecule has 0 aromatic heterocycles. The fourth-order valence-corrected chi connectivity index (χ4v) is 1.51. The maximum Gasteiger partial charge on any atom is 0.126 e. The van der Waals surface area contributed by atoms with Crippen LogP contribution in [0.25, 0.3) is 0 Å². The minimum atomic E-state index is -0.221. The molecule has 0 amide bonds. The Morgan fingerprint density at radius 3 is 2.00 bits per heavy atom. The minimum absolute atomic E-state index is 0.00838. The van der Waals surface area contributed by atoms with Gasteiger partial charge >= 0.3 is 0 Å². The molecule has 3 nitrogen and oxygen atoms in total. The van der Waals surface area contributed by atoms with E-state index in [-0.39, 0.29) is 19.0 Å². The third-order valence-electron chi connectivity index (χ3n) is 2.41. The third-order valence-corrected chi connectivity index (χ3v) is 2.41. The van der Waals surface area contributed by atoms with Crippen molar-refractivity contribution >= 4 is 0 Å². The molecule has 0 unspecified atom stereocenters. The van der Waals surface area contributed by atoms with Crippen LogP contribution < -0.4 is 0 Å². The number of allylic oxidation sites excluding steroid dienone is 2. The number of phenols is 1. The van der Waals surface area contributed by atoms with E-state index in [1.165, 1.54) is 5.57 Å². The maximum absolute atomic E-state index is 9.66. The van der Waals surface area contributed by atoms with Gasteiger partial charge in [-0.15, -0.1) is 0 Å². The molecule has 0 atom stereocenters. The lowest BCUT2D eigenvalue weighted by atomic mass is 10.0. The van der Waals surface area contributed by atoms with E-state index >= 15 is 0 Å². The summed E-state index contributed by atoms with van der Waals surface area (Å²) >= 11 is 0. The Morgan fingerprint density at radius 1 is 1.12 bits per heavy atom. The summed E-state index contributed by atoms with van der Waals surface area (Å²) < 4.78 is 0. The van der Waals surface area contributed by atoms with Crippen molar-refractivity contribution in [1.29, 1.82) is 0 Å². The molecule has 0 heterocycles. The molecule has 88 valence electrons. The van der Waals surface area contributed by atoms with Crippen LogP contribution in [0.15, 0.2) is 23.8 Å². The van der Waals surface area contributed by atoms with Crippen LogP contribution in [0.2, 0.25) is 0 Å². The number of aromatic hydroxyl groups is 1. The van der Waals surface area contributed by atoms with E-state index in [4.69, 9.17) is 10.2 Å². The van der Waals surface area contributed by atoms with Crippen molar-refractivity contribution in [3.63, 3.8) is 0 Å². The van der Waals surface area contributed by atoms with E-state index in [2.05, 4.69) is 6.08 Å². The Balaban J connectivity index is 3.07. The summed E-state index contributed by atoms with van der Waals surface area (Å²) in [4.78, 5) is 0. The van der Waals surface area contributed by atoms with Gasteiger partial charge in [-0.3, -0.25) is 0 Å². The van der Waals surface area contributed by atoms with Gasteiger partial charge in [0.2, 0.25) is 0 Å². The molecule has 0 aliphatic heterocycles. The van der Waals surface area contributed by atoms with Crippen molar-refractivity contribution in [3.05, 3.63) is 40.5 Å². The Morgan fingerprint density at radius 2 is 1.62 bits per heavy atom. The van der Waals surface area contributed by atoms with Gasteiger partial charge < -0.3 is 15.3 Å². The van der Waals surface area contributed by atoms with Crippen molar-refractivity contribution in [2.24, 2.45) is 0 Å². The lowest BCUT2D eigenvalue weighted by Crippen LogP contribution is -1.95. The number of rotatable bonds is 4. The largest absolute Gasteiger partial charge is 0.507 e. The highest BCUT2D eigenvalue weighted by atomic mass is 16.3. The number of aliphatic hydroxyl groups is 2. The highest BCUT2D eigenvalue weighted by Gasteiger charge is 2.08. The molecular formula is C13H18O3. The van der Waals surface area contributed by atoms with E-state index in [0.717, 1.165) is 12.0 Å². The monoisotopic (exact) mass is 222 g/mol. The molecule has 0 fully saturated rings. The number of benzene rings is 1. The van der Waals surface area contributed by atoms with E-state index in [1.807, 2.05) is 13.8 Å². The molecule has 1 aromatic carbocycles. The van der Waals surface area contributed by atoms with Gasteiger partial charge in [0.05, 0.1) is 13.2 Å². The summed E-state index contributed by atoms with van der Waals surface area (Å²) in [6.07, 6.45) is 2.80. The summed E-state index contributed by atoms with van der Waals surface area (Å²) in [6, 6.07) is 3.52. The molecule has 1 aromatic rings. The average Bonchev–Trinajstić information content (AvgIpc) is 2.27. The maximum atomic E-state index is 9.66. The zero-order valence-corrected chi connectivity index (χ0v) is 9.70. The zero-order chi connectivity index (χ0) is 12.1. The fraction of sp³-hybridized carbons (Fsp3) is 0.385. The van der Waals surface area contributed by atoms with Gasteiger partial charge in [0.25, 0.3) is 0 Å². The first-order valence-electron chi connectivity index (χ1n) is 5.27. The molecule has 3 heteroatoms. The topological polar surface area (TPSA) is 60.7 Å². The van der Waals surface area contributed by atoms with Crippen molar-refractivity contribution in [1.82, 2.24) is 0 Å². The Hall–Kier alpha value is -1.32. The standard InChI is InChI=1S/C13H18O3/c1-9(2)3-4-10-5-11(7-14)13(16)12(6-10)8-15/h3,5-6,14-16H,4,7-8H2,1-2H3. The summed E-state index contributed by atoms with van der Waals surface area (Å²) in [5.74, 6) is -0.00838. The molecule has 0 bridgehead atoms. The average molecular weight is 222 g/mol. The van der Waals surface area contributed by atoms with E-state index in [9.17, 15) is 5.11 Å². The van der Waals surface area contributed by atoms with Gasteiger partial charge in [0, 0.05) is 11.1 Å².